The monoisotopic (exact) mass is 442 g/mol. The van der Waals surface area contributed by atoms with E-state index in [1.165, 1.54) is 24.3 Å². The van der Waals surface area contributed by atoms with Gasteiger partial charge in [-0.1, -0.05) is 25.0 Å². The molecular weight excluding hydrogens is 408 g/mol. The predicted octanol–water partition coefficient (Wildman–Crippen LogP) is 5.56. The fourth-order valence-electron chi connectivity index (χ4n) is 5.04. The van der Waals surface area contributed by atoms with E-state index in [4.69, 9.17) is 18.6 Å². The summed E-state index contributed by atoms with van der Waals surface area (Å²) in [6, 6.07) is 4.83. The van der Waals surface area contributed by atoms with Crippen molar-refractivity contribution in [2.24, 2.45) is 17.3 Å². The van der Waals surface area contributed by atoms with E-state index in [-0.39, 0.29) is 11.3 Å². The van der Waals surface area contributed by atoms with Crippen LogP contribution in [-0.4, -0.2) is 27.1 Å². The molecule has 1 heterocycles. The van der Waals surface area contributed by atoms with Crippen LogP contribution in [-0.2, 0) is 4.79 Å². The van der Waals surface area contributed by atoms with Crippen molar-refractivity contribution < 1.29 is 23.4 Å². The third-order valence-electron chi connectivity index (χ3n) is 7.14. The Balaban J connectivity index is 2.05. The normalized spacial score (nSPS) is 23.1. The smallest absolute Gasteiger partial charge is 0.336 e. The van der Waals surface area contributed by atoms with E-state index < -0.39 is 5.63 Å². The molecule has 32 heavy (non-hydrogen) atoms. The van der Waals surface area contributed by atoms with Gasteiger partial charge in [-0.05, 0) is 57.1 Å². The van der Waals surface area contributed by atoms with Gasteiger partial charge in [0.25, 0.3) is 0 Å². The number of hydrogen-bond acceptors (Lipinski definition) is 6. The molecule has 1 aromatic heterocycles. The van der Waals surface area contributed by atoms with Gasteiger partial charge in [0, 0.05) is 23.3 Å². The first-order valence-corrected chi connectivity index (χ1v) is 11.2. The first-order chi connectivity index (χ1) is 15.3. The third-order valence-corrected chi connectivity index (χ3v) is 7.14. The van der Waals surface area contributed by atoms with Crippen LogP contribution >= 0.6 is 0 Å². The molecule has 0 aliphatic heterocycles. The molecule has 0 unspecified atom stereocenters. The molecule has 0 N–H and O–H groups in total. The quantitative estimate of drug-likeness (QED) is 0.303. The number of allylic oxidation sites excluding steroid dienone is 2. The van der Waals surface area contributed by atoms with Crippen molar-refractivity contribution in [3.8, 4) is 17.2 Å². The SMILES string of the molecule is COc1cc2ccc(=O)oc2c(OC)c1OC[C@]1(C)[C@@H](C)CCC(=C(C)C)[C@@H]1CCC=O. The van der Waals surface area contributed by atoms with Crippen LogP contribution in [0.3, 0.4) is 0 Å². The van der Waals surface area contributed by atoms with Gasteiger partial charge in [-0.2, -0.15) is 0 Å². The van der Waals surface area contributed by atoms with Crippen LogP contribution in [0.5, 0.6) is 17.2 Å². The lowest BCUT2D eigenvalue weighted by atomic mass is 9.58. The molecule has 0 saturated heterocycles. The van der Waals surface area contributed by atoms with Crippen LogP contribution in [0.15, 0.2) is 38.6 Å². The zero-order valence-corrected chi connectivity index (χ0v) is 19.9. The van der Waals surface area contributed by atoms with Crippen molar-refractivity contribution in [2.75, 3.05) is 20.8 Å². The molecule has 2 aromatic rings. The largest absolute Gasteiger partial charge is 0.493 e. The molecule has 3 atom stereocenters. The zero-order chi connectivity index (χ0) is 23.5. The summed E-state index contributed by atoms with van der Waals surface area (Å²) in [5, 5.41) is 0.693. The van der Waals surface area contributed by atoms with Crippen LogP contribution in [0, 0.1) is 17.3 Å². The summed E-state index contributed by atoms with van der Waals surface area (Å²) in [5.74, 6) is 1.93. The minimum atomic E-state index is -0.457. The maximum Gasteiger partial charge on any atom is 0.336 e. The van der Waals surface area contributed by atoms with Crippen molar-refractivity contribution in [3.63, 3.8) is 0 Å². The lowest BCUT2D eigenvalue weighted by Gasteiger charge is -2.48. The Labute approximate surface area is 189 Å². The molecule has 1 aliphatic rings. The van der Waals surface area contributed by atoms with E-state index >= 15 is 0 Å². The van der Waals surface area contributed by atoms with Crippen molar-refractivity contribution in [1.82, 2.24) is 0 Å². The number of carbonyl (C=O) groups excluding carboxylic acids is 1. The van der Waals surface area contributed by atoms with E-state index in [9.17, 15) is 9.59 Å². The van der Waals surface area contributed by atoms with Crippen LogP contribution in [0.1, 0.15) is 53.4 Å². The molecule has 1 saturated carbocycles. The van der Waals surface area contributed by atoms with Crippen molar-refractivity contribution in [2.45, 2.75) is 53.4 Å². The molecule has 0 amide bonds. The Kier molecular flexibility index (Phi) is 7.32. The van der Waals surface area contributed by atoms with Crippen molar-refractivity contribution >= 4 is 17.3 Å². The molecule has 3 rings (SSSR count). The van der Waals surface area contributed by atoms with E-state index in [0.717, 1.165) is 25.5 Å². The zero-order valence-electron chi connectivity index (χ0n) is 19.9. The lowest BCUT2D eigenvalue weighted by Crippen LogP contribution is -2.44. The van der Waals surface area contributed by atoms with Gasteiger partial charge in [0.15, 0.2) is 11.3 Å². The summed E-state index contributed by atoms with van der Waals surface area (Å²) in [6.07, 6.45) is 4.45. The van der Waals surface area contributed by atoms with E-state index in [1.54, 1.807) is 19.2 Å². The fraction of sp³-hybridized carbons (Fsp3) is 0.538. The number of hydrogen-bond donors (Lipinski definition) is 0. The Bertz CT molecular complexity index is 1060. The summed E-state index contributed by atoms with van der Waals surface area (Å²) in [7, 11) is 3.10. The minimum absolute atomic E-state index is 0.184. The predicted molar refractivity (Wildman–Crippen MR) is 125 cm³/mol. The molecule has 1 aromatic carbocycles. The molecule has 1 fully saturated rings. The molecule has 0 radical (unpaired) electrons. The number of methoxy groups -OCH3 is 2. The fourth-order valence-corrected chi connectivity index (χ4v) is 5.04. The Morgan fingerprint density at radius 2 is 1.97 bits per heavy atom. The summed E-state index contributed by atoms with van der Waals surface area (Å²) in [4.78, 5) is 23.0. The highest BCUT2D eigenvalue weighted by atomic mass is 16.5. The highest BCUT2D eigenvalue weighted by Crippen LogP contribution is 2.52. The number of fused-ring (bicyclic) bond motifs is 1. The topological polar surface area (TPSA) is 75.0 Å². The molecule has 6 nitrogen and oxygen atoms in total. The van der Waals surface area contributed by atoms with Crippen LogP contribution in [0.4, 0.5) is 0 Å². The highest BCUT2D eigenvalue weighted by Gasteiger charge is 2.45. The second-order valence-corrected chi connectivity index (χ2v) is 9.17. The molecule has 0 spiro atoms. The van der Waals surface area contributed by atoms with E-state index in [2.05, 4.69) is 27.7 Å². The van der Waals surface area contributed by atoms with Gasteiger partial charge < -0.3 is 23.4 Å². The van der Waals surface area contributed by atoms with Crippen LogP contribution in [0.25, 0.3) is 11.0 Å². The molecule has 0 bridgehead atoms. The van der Waals surface area contributed by atoms with E-state index in [0.29, 0.717) is 47.2 Å². The Morgan fingerprint density at radius 1 is 1.22 bits per heavy atom. The summed E-state index contributed by atoms with van der Waals surface area (Å²) < 4.78 is 23.1. The molecule has 174 valence electrons. The molecular formula is C26H34O6. The summed E-state index contributed by atoms with van der Waals surface area (Å²) in [5.41, 5.74) is 2.44. The van der Waals surface area contributed by atoms with Gasteiger partial charge in [-0.15, -0.1) is 0 Å². The number of ether oxygens (including phenoxy) is 3. The average Bonchev–Trinajstić information content (AvgIpc) is 2.77. The Hall–Kier alpha value is -2.76. The molecule has 1 aliphatic carbocycles. The summed E-state index contributed by atoms with van der Waals surface area (Å²) in [6.45, 7) is 9.22. The van der Waals surface area contributed by atoms with Gasteiger partial charge in [-0.3, -0.25) is 0 Å². The van der Waals surface area contributed by atoms with Crippen molar-refractivity contribution in [3.05, 3.63) is 39.8 Å². The number of carbonyl (C=O) groups is 1. The van der Waals surface area contributed by atoms with Gasteiger partial charge >= 0.3 is 5.63 Å². The summed E-state index contributed by atoms with van der Waals surface area (Å²) >= 11 is 0. The minimum Gasteiger partial charge on any atom is -0.493 e. The number of rotatable bonds is 8. The second kappa shape index (κ2) is 9.80. The lowest BCUT2D eigenvalue weighted by molar-refractivity contribution is -0.108. The maximum atomic E-state index is 11.8. The van der Waals surface area contributed by atoms with Crippen molar-refractivity contribution in [1.29, 1.82) is 0 Å². The van der Waals surface area contributed by atoms with Gasteiger partial charge in [0.2, 0.25) is 11.5 Å². The molecule has 6 heteroatoms. The number of aldehydes is 1. The standard InChI is InChI=1S/C26H34O6/c1-16(2)19-11-9-17(3)26(4,20(19)8-7-13-27)15-31-24-21(29-5)14-18-10-12-22(28)32-23(18)25(24)30-6/h10,12-14,17,20H,7-9,11,15H2,1-6H3/t17-,20-,26+/m0/s1. The van der Waals surface area contributed by atoms with Gasteiger partial charge in [0.05, 0.1) is 20.8 Å². The van der Waals surface area contributed by atoms with Gasteiger partial charge in [0.1, 0.15) is 6.29 Å². The highest BCUT2D eigenvalue weighted by molar-refractivity contribution is 5.88. The number of benzene rings is 1. The van der Waals surface area contributed by atoms with Gasteiger partial charge in [-0.25, -0.2) is 4.79 Å². The average molecular weight is 443 g/mol. The maximum absolute atomic E-state index is 11.8. The first-order valence-electron chi connectivity index (χ1n) is 11.2. The van der Waals surface area contributed by atoms with Crippen LogP contribution < -0.4 is 19.8 Å². The first kappa shape index (κ1) is 23.9. The second-order valence-electron chi connectivity index (χ2n) is 9.17. The van der Waals surface area contributed by atoms with E-state index in [1.807, 2.05) is 0 Å². The van der Waals surface area contributed by atoms with Crippen LogP contribution in [0.2, 0.25) is 0 Å². The Morgan fingerprint density at radius 3 is 2.59 bits per heavy atom. The third kappa shape index (κ3) is 4.41.